The summed E-state index contributed by atoms with van der Waals surface area (Å²) in [6.45, 7) is 2.10. The fraction of sp³-hybridized carbons (Fsp3) is 0.100. The average Bonchev–Trinajstić information content (AvgIpc) is 2.64. The molecule has 0 bridgehead atoms. The molecule has 0 aliphatic carbocycles. The van der Waals surface area contributed by atoms with E-state index >= 15 is 0 Å². The van der Waals surface area contributed by atoms with E-state index in [1.165, 1.54) is 23.9 Å². The van der Waals surface area contributed by atoms with Gasteiger partial charge in [0.1, 0.15) is 5.82 Å². The minimum absolute atomic E-state index is 0.140. The molecule has 3 rings (SSSR count). The van der Waals surface area contributed by atoms with Crippen LogP contribution in [-0.4, -0.2) is 10.9 Å². The van der Waals surface area contributed by atoms with Crippen molar-refractivity contribution in [3.63, 3.8) is 0 Å². The minimum Gasteiger partial charge on any atom is -0.354 e. The SMILES string of the molecule is CCc1ccc(Nc2cncc(C(=O)Nc3ccccc3F)c2)cc1. The molecule has 1 amide bonds. The van der Waals surface area contributed by atoms with Gasteiger partial charge in [0, 0.05) is 11.9 Å². The second-order valence-electron chi connectivity index (χ2n) is 5.57. The van der Waals surface area contributed by atoms with Crippen LogP contribution in [-0.2, 0) is 6.42 Å². The van der Waals surface area contributed by atoms with Crippen molar-refractivity contribution in [1.29, 1.82) is 0 Å². The van der Waals surface area contributed by atoms with Crippen LogP contribution in [0.4, 0.5) is 21.5 Å². The topological polar surface area (TPSA) is 54.0 Å². The molecule has 25 heavy (non-hydrogen) atoms. The van der Waals surface area contributed by atoms with Gasteiger partial charge < -0.3 is 10.6 Å². The van der Waals surface area contributed by atoms with Crippen molar-refractivity contribution in [2.45, 2.75) is 13.3 Å². The maximum atomic E-state index is 13.7. The highest BCUT2D eigenvalue weighted by Crippen LogP contribution is 2.19. The molecule has 3 aromatic rings. The van der Waals surface area contributed by atoms with E-state index in [-0.39, 0.29) is 5.69 Å². The molecule has 0 unspecified atom stereocenters. The van der Waals surface area contributed by atoms with Crippen molar-refractivity contribution >= 4 is 23.0 Å². The molecule has 2 aromatic carbocycles. The van der Waals surface area contributed by atoms with Gasteiger partial charge in [0.2, 0.25) is 0 Å². The van der Waals surface area contributed by atoms with Gasteiger partial charge in [0.15, 0.2) is 0 Å². The molecule has 126 valence electrons. The lowest BCUT2D eigenvalue weighted by Gasteiger charge is -2.09. The number of para-hydroxylation sites is 1. The van der Waals surface area contributed by atoms with Gasteiger partial charge in [-0.2, -0.15) is 0 Å². The van der Waals surface area contributed by atoms with Gasteiger partial charge in [-0.15, -0.1) is 0 Å². The van der Waals surface area contributed by atoms with Crippen molar-refractivity contribution in [2.24, 2.45) is 0 Å². The van der Waals surface area contributed by atoms with Crippen LogP contribution in [0.2, 0.25) is 0 Å². The van der Waals surface area contributed by atoms with Gasteiger partial charge in [-0.1, -0.05) is 31.2 Å². The van der Waals surface area contributed by atoms with E-state index in [2.05, 4.69) is 22.5 Å². The summed E-state index contributed by atoms with van der Waals surface area (Å²) in [6.07, 6.45) is 4.06. The van der Waals surface area contributed by atoms with E-state index < -0.39 is 11.7 Å². The van der Waals surface area contributed by atoms with Crippen LogP contribution in [0.3, 0.4) is 0 Å². The minimum atomic E-state index is -0.478. The van der Waals surface area contributed by atoms with Crippen molar-refractivity contribution in [3.8, 4) is 0 Å². The van der Waals surface area contributed by atoms with E-state index in [0.717, 1.165) is 12.1 Å². The number of amides is 1. The highest BCUT2D eigenvalue weighted by atomic mass is 19.1. The Hall–Kier alpha value is -3.21. The number of anilines is 3. The zero-order valence-electron chi connectivity index (χ0n) is 13.8. The predicted octanol–water partition coefficient (Wildman–Crippen LogP) is 4.78. The Morgan fingerprint density at radius 1 is 1.04 bits per heavy atom. The summed E-state index contributed by atoms with van der Waals surface area (Å²) in [6, 6.07) is 15.8. The number of pyridine rings is 1. The van der Waals surface area contributed by atoms with Crippen LogP contribution in [0, 0.1) is 5.82 Å². The molecule has 5 heteroatoms. The summed E-state index contributed by atoms with van der Waals surface area (Å²) < 4.78 is 13.7. The third kappa shape index (κ3) is 4.20. The first-order valence-electron chi connectivity index (χ1n) is 8.02. The molecular formula is C20H18FN3O. The van der Waals surface area contributed by atoms with Crippen LogP contribution in [0.15, 0.2) is 67.0 Å². The number of nitrogens with one attached hydrogen (secondary N) is 2. The number of carbonyl (C=O) groups excluding carboxylic acids is 1. The normalized spacial score (nSPS) is 10.3. The van der Waals surface area contributed by atoms with Gasteiger partial charge in [-0.05, 0) is 42.3 Å². The fourth-order valence-electron chi connectivity index (χ4n) is 2.38. The molecule has 0 radical (unpaired) electrons. The van der Waals surface area contributed by atoms with E-state index in [9.17, 15) is 9.18 Å². The highest BCUT2D eigenvalue weighted by molar-refractivity contribution is 6.04. The zero-order chi connectivity index (χ0) is 17.6. The molecule has 2 N–H and O–H groups in total. The first-order valence-corrected chi connectivity index (χ1v) is 8.02. The van der Waals surface area contributed by atoms with E-state index in [4.69, 9.17) is 0 Å². The van der Waals surface area contributed by atoms with Gasteiger partial charge in [0.05, 0.1) is 23.1 Å². The van der Waals surface area contributed by atoms with E-state index in [1.54, 1.807) is 24.4 Å². The molecule has 0 saturated heterocycles. The van der Waals surface area contributed by atoms with Gasteiger partial charge >= 0.3 is 0 Å². The Morgan fingerprint density at radius 3 is 2.52 bits per heavy atom. The first kappa shape index (κ1) is 16.6. The monoisotopic (exact) mass is 335 g/mol. The highest BCUT2D eigenvalue weighted by Gasteiger charge is 2.10. The summed E-state index contributed by atoms with van der Waals surface area (Å²) in [5, 5.41) is 5.76. The third-order valence-electron chi connectivity index (χ3n) is 3.77. The summed E-state index contributed by atoms with van der Waals surface area (Å²) in [5.41, 5.74) is 3.33. The third-order valence-corrected chi connectivity index (χ3v) is 3.77. The quantitative estimate of drug-likeness (QED) is 0.705. The molecule has 0 fully saturated rings. The number of hydrogen-bond acceptors (Lipinski definition) is 3. The van der Waals surface area contributed by atoms with Crippen LogP contribution < -0.4 is 10.6 Å². The van der Waals surface area contributed by atoms with E-state index in [1.807, 2.05) is 24.3 Å². The molecule has 0 aliphatic rings. The lowest BCUT2D eigenvalue weighted by molar-refractivity contribution is 0.102. The zero-order valence-corrected chi connectivity index (χ0v) is 13.8. The molecule has 4 nitrogen and oxygen atoms in total. The number of nitrogens with zero attached hydrogens (tertiary/aromatic N) is 1. The molecule has 0 atom stereocenters. The van der Waals surface area contributed by atoms with E-state index in [0.29, 0.717) is 11.3 Å². The van der Waals surface area contributed by atoms with Crippen LogP contribution in [0.1, 0.15) is 22.8 Å². The Labute approximate surface area is 145 Å². The average molecular weight is 335 g/mol. The number of rotatable bonds is 5. The molecule has 0 aliphatic heterocycles. The molecule has 1 aromatic heterocycles. The van der Waals surface area contributed by atoms with Crippen molar-refractivity contribution < 1.29 is 9.18 Å². The van der Waals surface area contributed by atoms with Crippen molar-refractivity contribution in [1.82, 2.24) is 4.98 Å². The van der Waals surface area contributed by atoms with Crippen LogP contribution >= 0.6 is 0 Å². The van der Waals surface area contributed by atoms with Gasteiger partial charge in [-0.25, -0.2) is 4.39 Å². The Morgan fingerprint density at radius 2 is 1.80 bits per heavy atom. The Bertz CT molecular complexity index is 878. The van der Waals surface area contributed by atoms with Crippen LogP contribution in [0.5, 0.6) is 0 Å². The molecule has 1 heterocycles. The van der Waals surface area contributed by atoms with Crippen LogP contribution in [0.25, 0.3) is 0 Å². The lowest BCUT2D eigenvalue weighted by Crippen LogP contribution is -2.13. The maximum Gasteiger partial charge on any atom is 0.257 e. The number of aromatic nitrogens is 1. The lowest BCUT2D eigenvalue weighted by atomic mass is 10.1. The number of benzene rings is 2. The fourth-order valence-corrected chi connectivity index (χ4v) is 2.38. The number of carbonyl (C=O) groups is 1. The van der Waals surface area contributed by atoms with Gasteiger partial charge in [-0.3, -0.25) is 9.78 Å². The number of hydrogen-bond donors (Lipinski definition) is 2. The van der Waals surface area contributed by atoms with Crippen molar-refractivity contribution in [2.75, 3.05) is 10.6 Å². The standard InChI is InChI=1S/C20H18FN3O/c1-2-14-7-9-16(10-8-14)23-17-11-15(12-22-13-17)20(25)24-19-6-4-3-5-18(19)21/h3-13,23H,2H2,1H3,(H,24,25). The largest absolute Gasteiger partial charge is 0.354 e. The second kappa shape index (κ2) is 7.57. The first-order chi connectivity index (χ1) is 12.2. The summed E-state index contributed by atoms with van der Waals surface area (Å²) in [5.74, 6) is -0.892. The smallest absolute Gasteiger partial charge is 0.257 e. The summed E-state index contributed by atoms with van der Waals surface area (Å²) in [4.78, 5) is 16.4. The maximum absolute atomic E-state index is 13.7. The van der Waals surface area contributed by atoms with Gasteiger partial charge in [0.25, 0.3) is 5.91 Å². The molecular weight excluding hydrogens is 317 g/mol. The number of halogens is 1. The Kier molecular flexibility index (Phi) is 5.04. The molecule has 0 spiro atoms. The Balaban J connectivity index is 1.74. The molecule has 0 saturated carbocycles. The summed E-state index contributed by atoms with van der Waals surface area (Å²) >= 11 is 0. The predicted molar refractivity (Wildman–Crippen MR) is 97.7 cm³/mol. The van der Waals surface area contributed by atoms with Crippen molar-refractivity contribution in [3.05, 3.63) is 83.9 Å². The summed E-state index contributed by atoms with van der Waals surface area (Å²) in [7, 11) is 0. The second-order valence-corrected chi connectivity index (χ2v) is 5.57. The number of aryl methyl sites for hydroxylation is 1.